The van der Waals surface area contributed by atoms with E-state index in [1.165, 1.54) is 0 Å². The number of anilines is 1. The summed E-state index contributed by atoms with van der Waals surface area (Å²) in [5.41, 5.74) is 0.0994. The third-order valence-electron chi connectivity index (χ3n) is 4.05. The van der Waals surface area contributed by atoms with E-state index in [4.69, 9.17) is 11.6 Å². The van der Waals surface area contributed by atoms with Crippen LogP contribution >= 0.6 is 11.6 Å². The quantitative estimate of drug-likeness (QED) is 0.886. The average molecular weight is 311 g/mol. The lowest BCUT2D eigenvalue weighted by molar-refractivity contribution is -0.0194. The van der Waals surface area contributed by atoms with Crippen molar-refractivity contribution in [2.45, 2.75) is 44.6 Å². The maximum Gasteiger partial charge on any atom is 0.321 e. The van der Waals surface area contributed by atoms with Crippen LogP contribution in [-0.2, 0) is 0 Å². The number of amides is 2. The highest BCUT2D eigenvalue weighted by atomic mass is 35.5. The molecule has 0 atom stereocenters. The Morgan fingerprint density at radius 3 is 2.76 bits per heavy atom. The van der Waals surface area contributed by atoms with Crippen LogP contribution < -0.4 is 5.32 Å². The van der Waals surface area contributed by atoms with Gasteiger partial charge in [-0.15, -0.1) is 0 Å². The summed E-state index contributed by atoms with van der Waals surface area (Å²) in [5, 5.41) is 13.9. The topological polar surface area (TPSA) is 52.6 Å². The standard InChI is InChI=1S/C16H23ClN2O2/c1-2-3-7-16(21)8-10-19(11-9-16)15(20)18-14-6-4-5-13(17)12-14/h4-6,12,21H,2-3,7-11H2,1H3,(H,18,20). The smallest absolute Gasteiger partial charge is 0.321 e. The number of aliphatic hydroxyl groups is 1. The number of nitrogens with zero attached hydrogens (tertiary/aromatic N) is 1. The number of piperidine rings is 1. The number of unbranched alkanes of at least 4 members (excludes halogenated alkanes) is 1. The Bertz CT molecular complexity index is 485. The molecule has 21 heavy (non-hydrogen) atoms. The number of hydrogen-bond acceptors (Lipinski definition) is 2. The number of rotatable bonds is 4. The van der Waals surface area contributed by atoms with Gasteiger partial charge in [-0.1, -0.05) is 37.4 Å². The minimum Gasteiger partial charge on any atom is -0.390 e. The van der Waals surface area contributed by atoms with Gasteiger partial charge in [0.15, 0.2) is 0 Å². The molecule has 1 saturated heterocycles. The molecule has 4 nitrogen and oxygen atoms in total. The van der Waals surface area contributed by atoms with Crippen LogP contribution in [0, 0.1) is 0 Å². The zero-order chi connectivity index (χ0) is 15.3. The van der Waals surface area contributed by atoms with Crippen LogP contribution in [0.2, 0.25) is 5.02 Å². The maximum absolute atomic E-state index is 12.2. The molecule has 1 aliphatic rings. The van der Waals surface area contributed by atoms with Crippen LogP contribution in [0.1, 0.15) is 39.0 Å². The Labute approximate surface area is 131 Å². The second-order valence-corrected chi connectivity index (χ2v) is 6.19. The van der Waals surface area contributed by atoms with Gasteiger partial charge in [0.1, 0.15) is 0 Å². The number of halogens is 1. The van der Waals surface area contributed by atoms with Crippen LogP contribution in [0.15, 0.2) is 24.3 Å². The predicted octanol–water partition coefficient (Wildman–Crippen LogP) is 3.89. The Morgan fingerprint density at radius 1 is 1.43 bits per heavy atom. The summed E-state index contributed by atoms with van der Waals surface area (Å²) in [7, 11) is 0. The largest absolute Gasteiger partial charge is 0.390 e. The molecule has 2 rings (SSSR count). The van der Waals surface area contributed by atoms with Crippen molar-refractivity contribution >= 4 is 23.3 Å². The first-order chi connectivity index (χ1) is 10.0. The van der Waals surface area contributed by atoms with E-state index in [1.807, 2.05) is 6.07 Å². The zero-order valence-electron chi connectivity index (χ0n) is 12.4. The highest BCUT2D eigenvalue weighted by molar-refractivity contribution is 6.30. The van der Waals surface area contributed by atoms with Crippen molar-refractivity contribution < 1.29 is 9.90 Å². The van der Waals surface area contributed by atoms with Gasteiger partial charge in [-0.05, 0) is 37.5 Å². The molecule has 0 saturated carbocycles. The zero-order valence-corrected chi connectivity index (χ0v) is 13.2. The highest BCUT2D eigenvalue weighted by Crippen LogP contribution is 2.28. The fourth-order valence-corrected chi connectivity index (χ4v) is 2.84. The van der Waals surface area contributed by atoms with E-state index in [0.717, 1.165) is 19.3 Å². The molecule has 1 aromatic rings. The summed E-state index contributed by atoms with van der Waals surface area (Å²) in [5.74, 6) is 0. The van der Waals surface area contributed by atoms with Crippen molar-refractivity contribution in [1.82, 2.24) is 4.90 Å². The van der Waals surface area contributed by atoms with Crippen LogP contribution in [0.25, 0.3) is 0 Å². The first-order valence-corrected chi connectivity index (χ1v) is 7.94. The molecule has 2 N–H and O–H groups in total. The van der Waals surface area contributed by atoms with Crippen LogP contribution in [0.5, 0.6) is 0 Å². The number of carbonyl (C=O) groups excluding carboxylic acids is 1. The van der Waals surface area contributed by atoms with Crippen molar-refractivity contribution in [1.29, 1.82) is 0 Å². The molecule has 0 bridgehead atoms. The van der Waals surface area contributed by atoms with E-state index in [1.54, 1.807) is 23.1 Å². The third-order valence-corrected chi connectivity index (χ3v) is 4.29. The minimum absolute atomic E-state index is 0.130. The van der Waals surface area contributed by atoms with Crippen molar-refractivity contribution in [2.75, 3.05) is 18.4 Å². The Kier molecular flexibility index (Phi) is 5.48. The molecule has 1 fully saturated rings. The molecule has 1 aliphatic heterocycles. The number of carbonyl (C=O) groups is 1. The van der Waals surface area contributed by atoms with Crippen molar-refractivity contribution in [3.8, 4) is 0 Å². The fraction of sp³-hybridized carbons (Fsp3) is 0.562. The summed E-state index contributed by atoms with van der Waals surface area (Å²) in [6, 6.07) is 6.98. The average Bonchev–Trinajstić information content (AvgIpc) is 2.46. The van der Waals surface area contributed by atoms with Gasteiger partial charge in [0.2, 0.25) is 0 Å². The number of hydrogen-bond donors (Lipinski definition) is 2. The number of nitrogens with one attached hydrogen (secondary N) is 1. The van der Waals surface area contributed by atoms with Crippen molar-refractivity contribution in [3.63, 3.8) is 0 Å². The molecular formula is C16H23ClN2O2. The van der Waals surface area contributed by atoms with Gasteiger partial charge >= 0.3 is 6.03 Å². The molecule has 0 radical (unpaired) electrons. The van der Waals surface area contributed by atoms with Gasteiger partial charge in [-0.25, -0.2) is 4.79 Å². The van der Waals surface area contributed by atoms with Gasteiger partial charge in [0, 0.05) is 23.8 Å². The van der Waals surface area contributed by atoms with Crippen LogP contribution in [0.3, 0.4) is 0 Å². The summed E-state index contributed by atoms with van der Waals surface area (Å²) in [6.45, 7) is 3.30. The molecule has 1 heterocycles. The summed E-state index contributed by atoms with van der Waals surface area (Å²) >= 11 is 5.90. The lowest BCUT2D eigenvalue weighted by Gasteiger charge is -2.38. The minimum atomic E-state index is -0.594. The van der Waals surface area contributed by atoms with E-state index >= 15 is 0 Å². The lowest BCUT2D eigenvalue weighted by Crippen LogP contribution is -2.48. The van der Waals surface area contributed by atoms with Gasteiger partial charge < -0.3 is 15.3 Å². The van der Waals surface area contributed by atoms with Gasteiger partial charge in [0.05, 0.1) is 5.60 Å². The first kappa shape index (κ1) is 16.1. The molecule has 0 aliphatic carbocycles. The normalized spacial score (nSPS) is 17.6. The van der Waals surface area contributed by atoms with Crippen LogP contribution in [0.4, 0.5) is 10.5 Å². The molecular weight excluding hydrogens is 288 g/mol. The summed E-state index contributed by atoms with van der Waals surface area (Å²) in [4.78, 5) is 13.9. The van der Waals surface area contributed by atoms with E-state index in [2.05, 4.69) is 12.2 Å². The molecule has 2 amide bonds. The lowest BCUT2D eigenvalue weighted by atomic mass is 9.87. The maximum atomic E-state index is 12.2. The molecule has 0 unspecified atom stereocenters. The van der Waals surface area contributed by atoms with E-state index in [0.29, 0.717) is 36.6 Å². The summed E-state index contributed by atoms with van der Waals surface area (Å²) in [6.07, 6.45) is 4.24. The van der Waals surface area contributed by atoms with Crippen molar-refractivity contribution in [3.05, 3.63) is 29.3 Å². The predicted molar refractivity (Wildman–Crippen MR) is 85.8 cm³/mol. The number of benzene rings is 1. The van der Waals surface area contributed by atoms with Crippen molar-refractivity contribution in [2.24, 2.45) is 0 Å². The molecule has 116 valence electrons. The Hall–Kier alpha value is -1.26. The molecule has 5 heteroatoms. The third kappa shape index (κ3) is 4.61. The highest BCUT2D eigenvalue weighted by Gasteiger charge is 2.33. The second-order valence-electron chi connectivity index (χ2n) is 5.76. The SMILES string of the molecule is CCCCC1(O)CCN(C(=O)Nc2cccc(Cl)c2)CC1. The van der Waals surface area contributed by atoms with Gasteiger partial charge in [-0.3, -0.25) is 0 Å². The second kappa shape index (κ2) is 7.14. The van der Waals surface area contributed by atoms with Crippen LogP contribution in [-0.4, -0.2) is 34.7 Å². The van der Waals surface area contributed by atoms with E-state index in [-0.39, 0.29) is 6.03 Å². The van der Waals surface area contributed by atoms with E-state index in [9.17, 15) is 9.90 Å². The first-order valence-electron chi connectivity index (χ1n) is 7.56. The summed E-state index contributed by atoms with van der Waals surface area (Å²) < 4.78 is 0. The Morgan fingerprint density at radius 2 is 2.14 bits per heavy atom. The monoisotopic (exact) mass is 310 g/mol. The number of urea groups is 1. The molecule has 1 aromatic carbocycles. The fourth-order valence-electron chi connectivity index (χ4n) is 2.65. The van der Waals surface area contributed by atoms with Gasteiger partial charge in [-0.2, -0.15) is 0 Å². The van der Waals surface area contributed by atoms with Gasteiger partial charge in [0.25, 0.3) is 0 Å². The molecule has 0 spiro atoms. The van der Waals surface area contributed by atoms with E-state index < -0.39 is 5.60 Å². The number of likely N-dealkylation sites (tertiary alicyclic amines) is 1. The molecule has 0 aromatic heterocycles. The Balaban J connectivity index is 1.85.